The minimum Gasteiger partial charge on any atom is -0.457 e. The highest BCUT2D eigenvalue weighted by molar-refractivity contribution is 7.25. The molecule has 0 bridgehead atoms. The lowest BCUT2D eigenvalue weighted by molar-refractivity contribution is 0.0907. The number of ether oxygens (including phenoxy) is 1. The summed E-state index contributed by atoms with van der Waals surface area (Å²) in [6.07, 6.45) is 12.1. The predicted molar refractivity (Wildman–Crippen MR) is 514 cm³/mol. The summed E-state index contributed by atoms with van der Waals surface area (Å²) in [5, 5.41) is 16.8. The Bertz CT molecular complexity index is 7200. The first-order valence-electron chi connectivity index (χ1n) is 40.4. The minimum absolute atomic E-state index is 0.00861. The maximum Gasteiger partial charge on any atom is 0.336 e. The molecule has 0 radical (unpaired) electrons. The maximum absolute atomic E-state index is 12.2. The first-order valence-corrected chi connectivity index (χ1v) is 43.0. The largest absolute Gasteiger partial charge is 0.457 e. The Kier molecular flexibility index (Phi) is 27.0. The molecule has 0 spiro atoms. The monoisotopic (exact) mass is 1650 g/mol. The molecule has 0 saturated carbocycles. The molecule has 8 heterocycles. The van der Waals surface area contributed by atoms with Gasteiger partial charge < -0.3 is 18.0 Å². The molecule has 0 saturated heterocycles. The van der Waals surface area contributed by atoms with Crippen molar-refractivity contribution in [2.24, 2.45) is 11.8 Å². The van der Waals surface area contributed by atoms with E-state index < -0.39 is 0 Å². The number of pyridine rings is 1. The van der Waals surface area contributed by atoms with Crippen molar-refractivity contribution in [2.75, 3.05) is 0 Å². The minimum atomic E-state index is -0.302. The van der Waals surface area contributed by atoms with Gasteiger partial charge in [-0.05, 0) is 158 Å². The van der Waals surface area contributed by atoms with Crippen LogP contribution >= 0.6 is 34.0 Å². The Labute approximate surface area is 722 Å². The van der Waals surface area contributed by atoms with E-state index in [1.54, 1.807) is 53.0 Å². The number of aromatic nitrogens is 1. The molecule has 596 valence electrons. The number of thiophene rings is 3. The molecular formula is C111H81NO8S3. The average Bonchev–Trinajstić information content (AvgIpc) is 1.71. The van der Waals surface area contributed by atoms with Crippen molar-refractivity contribution in [1.82, 2.24) is 4.98 Å². The van der Waals surface area contributed by atoms with Gasteiger partial charge >= 0.3 is 5.63 Å². The van der Waals surface area contributed by atoms with Gasteiger partial charge in [-0.3, -0.25) is 19.4 Å². The van der Waals surface area contributed by atoms with E-state index in [0.717, 1.165) is 46.4 Å². The molecule has 7 aromatic heterocycles. The number of carbonyl (C=O) groups excluding carboxylic acids is 1. The van der Waals surface area contributed by atoms with Gasteiger partial charge in [-0.2, -0.15) is 11.3 Å². The van der Waals surface area contributed by atoms with Crippen LogP contribution in [0.25, 0.3) is 118 Å². The van der Waals surface area contributed by atoms with Crippen LogP contribution in [-0.4, -0.2) is 10.8 Å². The molecule has 0 amide bonds. The molecule has 12 heteroatoms. The lowest BCUT2D eigenvalue weighted by atomic mass is 9.73. The Morgan fingerprint density at radius 2 is 0.805 bits per heavy atom. The van der Waals surface area contributed by atoms with Crippen LogP contribution in [0.15, 0.2) is 481 Å². The molecule has 2 unspecified atom stereocenters. The fraction of sp³-hybridized carbons (Fsp3) is 0.0360. The molecule has 25 rings (SSSR count). The third kappa shape index (κ3) is 20.6. The molecular weight excluding hydrogens is 1570 g/mol. The van der Waals surface area contributed by atoms with Crippen molar-refractivity contribution >= 4 is 136 Å². The van der Waals surface area contributed by atoms with E-state index in [9.17, 15) is 19.2 Å². The first-order chi connectivity index (χ1) is 60.7. The number of nitrogens with zero attached hydrogens (tertiary/aromatic N) is 1. The van der Waals surface area contributed by atoms with Crippen molar-refractivity contribution in [2.45, 2.75) is 12.8 Å². The van der Waals surface area contributed by atoms with E-state index >= 15 is 0 Å². The highest BCUT2D eigenvalue weighted by Crippen LogP contribution is 2.38. The second kappa shape index (κ2) is 40.6. The Morgan fingerprint density at radius 3 is 1.43 bits per heavy atom. The third-order valence-electron chi connectivity index (χ3n) is 20.8. The zero-order chi connectivity index (χ0) is 83.7. The van der Waals surface area contributed by atoms with Gasteiger partial charge in [-0.25, -0.2) is 4.79 Å². The van der Waals surface area contributed by atoms with Gasteiger partial charge in [0.05, 0.1) is 21.7 Å². The maximum atomic E-state index is 12.2. The van der Waals surface area contributed by atoms with Crippen molar-refractivity contribution in [3.8, 4) is 33.9 Å². The number of benzene rings is 13. The van der Waals surface area contributed by atoms with Crippen LogP contribution in [0.4, 0.5) is 0 Å². The molecule has 4 aliphatic carbocycles. The number of allylic oxidation sites excluding steroid dienone is 4. The van der Waals surface area contributed by atoms with Crippen molar-refractivity contribution in [3.05, 3.63) is 506 Å². The van der Waals surface area contributed by atoms with E-state index in [1.807, 2.05) is 229 Å². The topological polar surface area (TPSA) is 130 Å². The summed E-state index contributed by atoms with van der Waals surface area (Å²) in [5.41, 5.74) is 11.5. The summed E-state index contributed by atoms with van der Waals surface area (Å²) >= 11 is 5.36. The molecule has 0 N–H and O–H groups in total. The quantitative estimate of drug-likeness (QED) is 0.0896. The second-order valence-corrected chi connectivity index (χ2v) is 31.6. The van der Waals surface area contributed by atoms with Gasteiger partial charge in [-0.1, -0.05) is 328 Å². The van der Waals surface area contributed by atoms with E-state index in [4.69, 9.17) is 18.0 Å². The van der Waals surface area contributed by atoms with Crippen LogP contribution in [0.1, 0.15) is 27.0 Å². The molecule has 1 aliphatic heterocycles. The van der Waals surface area contributed by atoms with Crippen molar-refractivity contribution < 1.29 is 22.8 Å². The summed E-state index contributed by atoms with van der Waals surface area (Å²) in [5.74, 6) is 3.32. The number of Topliss-reactive ketones (excluding diaryl/α,β-unsaturated/α-hetero) is 1. The zero-order valence-electron chi connectivity index (χ0n) is 66.8. The molecule has 9 nitrogen and oxygen atoms in total. The summed E-state index contributed by atoms with van der Waals surface area (Å²) in [6, 6.07) is 133. The van der Waals surface area contributed by atoms with Gasteiger partial charge in [0.15, 0.2) is 11.2 Å². The van der Waals surface area contributed by atoms with Crippen LogP contribution in [0, 0.1) is 11.8 Å². The molecule has 2 atom stereocenters. The van der Waals surface area contributed by atoms with E-state index in [2.05, 4.69) is 198 Å². The average molecular weight is 1650 g/mol. The van der Waals surface area contributed by atoms with Crippen LogP contribution < -0.4 is 21.2 Å². The van der Waals surface area contributed by atoms with Crippen LogP contribution in [0.5, 0.6) is 11.5 Å². The smallest absolute Gasteiger partial charge is 0.336 e. The standard InChI is InChI=1S/C15H10O2.C14H12O.C13H9N.C13H8O2.C13H10O.C12H8S.C10H8.C9H6O2.C8H6S.C4H4S/c16-13-10-15(11-6-2-1-3-7-11)17-14-9-5-4-8-12(13)14;15-14-12-7-3-1-5-10(12)9-11-6-2-4-8-13(11)14;1-2-6-11-10(5-1)9-14-13-8-4-3-7-12(11)13;14-13-9-5-1-3-7-11(9)15-12-8-4-2-6-10(12)13;1-3-7-12-10(5-1)9-11-6-2-4-8-13(11)14-12;1-3-7-11-9(5-1)10-6-2-4-8-12(10)13-11;1-2-5-9-7-4-8-10(9)6-3-1;10-9-6-5-7-3-1-2-4-8(7)11-9;1-2-4-8-7(3-1)5-6-9-8;1-2-4-5-3-1/h1-10H;1-8,10,12H,9H2;1-9H;1-8H;1-8H,9H2;1-8H;1-8H;1-6H;1-6H;1-4H. The summed E-state index contributed by atoms with van der Waals surface area (Å²) in [6.45, 7) is 0. The summed E-state index contributed by atoms with van der Waals surface area (Å²) in [7, 11) is 0. The van der Waals surface area contributed by atoms with Crippen LogP contribution in [0.2, 0.25) is 0 Å². The SMILES string of the molecule is O=C1c2ccccc2CC2C=CC=CC12.O=c1c2ccccc2oc2ccccc12.O=c1cc(-c2ccccc2)oc2ccccc12.O=c1ccc2ccccc2o1.c1ccc2c(c1)Cc1ccccc1O2.c1ccc2c(c1)cnc1ccccc12.c1ccc2c(c1)sc1ccccc12.c1ccc2cccc-2cc1.c1ccc2sccc2c1.c1ccsc1. The number of hydrogen-bond donors (Lipinski definition) is 0. The highest BCUT2D eigenvalue weighted by Gasteiger charge is 2.33. The first kappa shape index (κ1) is 81.7. The lowest BCUT2D eigenvalue weighted by Crippen LogP contribution is -2.29. The fourth-order valence-corrected chi connectivity index (χ4v) is 17.0. The summed E-state index contributed by atoms with van der Waals surface area (Å²) < 4.78 is 26.2. The fourth-order valence-electron chi connectivity index (χ4n) is 14.7. The Hall–Kier alpha value is -15.1. The number of hydrogen-bond acceptors (Lipinski definition) is 12. The lowest BCUT2D eigenvalue weighted by Gasteiger charge is -2.29. The van der Waals surface area contributed by atoms with Gasteiger partial charge in [0.25, 0.3) is 0 Å². The molecule has 0 fully saturated rings. The second-order valence-electron chi connectivity index (χ2n) is 28.8. The number of para-hydroxylation sites is 7. The van der Waals surface area contributed by atoms with Gasteiger partial charge in [-0.15, -0.1) is 22.7 Å². The Morgan fingerprint density at radius 1 is 0.325 bits per heavy atom. The van der Waals surface area contributed by atoms with Gasteiger partial charge in [0, 0.05) is 82.8 Å². The molecule has 20 aromatic rings. The zero-order valence-corrected chi connectivity index (χ0v) is 69.3. The number of fused-ring (bicyclic) bond motifs is 16. The van der Waals surface area contributed by atoms with Crippen LogP contribution in [0.3, 0.4) is 0 Å². The highest BCUT2D eigenvalue weighted by atomic mass is 32.1. The van der Waals surface area contributed by atoms with E-state index in [0.29, 0.717) is 50.2 Å². The number of rotatable bonds is 1. The number of carbonyl (C=O) groups is 1. The predicted octanol–water partition coefficient (Wildman–Crippen LogP) is 29.2. The third-order valence-corrected chi connectivity index (χ3v) is 23.4. The Balaban J connectivity index is 0.000000102. The van der Waals surface area contributed by atoms with E-state index in [-0.39, 0.29) is 28.2 Å². The van der Waals surface area contributed by atoms with Gasteiger partial charge in [0.1, 0.15) is 39.6 Å². The van der Waals surface area contributed by atoms with E-state index in [1.165, 1.54) is 86.4 Å². The normalized spacial score (nSPS) is 12.8. The molecule has 123 heavy (non-hydrogen) atoms. The van der Waals surface area contributed by atoms with Gasteiger partial charge in [0.2, 0.25) is 5.43 Å². The molecule has 13 aromatic carbocycles. The van der Waals surface area contributed by atoms with Crippen LogP contribution in [-0.2, 0) is 12.8 Å². The van der Waals surface area contributed by atoms with Crippen molar-refractivity contribution in [3.63, 3.8) is 0 Å². The number of ketones is 1. The molecule has 5 aliphatic rings. The van der Waals surface area contributed by atoms with Crippen molar-refractivity contribution in [1.29, 1.82) is 0 Å². The summed E-state index contributed by atoms with van der Waals surface area (Å²) in [4.78, 5) is 51.2.